The quantitative estimate of drug-likeness (QED) is 0.585. The number of ether oxygens (including phenoxy) is 1. The van der Waals surface area contributed by atoms with Crippen molar-refractivity contribution in [3.63, 3.8) is 0 Å². The predicted molar refractivity (Wildman–Crippen MR) is 43.2 cm³/mol. The molecule has 0 aliphatic heterocycles. The minimum atomic E-state index is -4.98. The smallest absolute Gasteiger partial charge is 0.401 e. The summed E-state index contributed by atoms with van der Waals surface area (Å²) >= 11 is 0. The first-order valence-corrected chi connectivity index (χ1v) is 3.74. The summed E-state index contributed by atoms with van der Waals surface area (Å²) in [6, 6.07) is 0.769. The first-order chi connectivity index (χ1) is 6.83. The van der Waals surface area contributed by atoms with Crippen molar-refractivity contribution >= 4 is 5.82 Å². The van der Waals surface area contributed by atoms with Gasteiger partial charge >= 0.3 is 6.36 Å². The molecule has 4 N–H and O–H groups in total. The summed E-state index contributed by atoms with van der Waals surface area (Å²) in [5, 5.41) is 0. The molecule has 4 nitrogen and oxygen atoms in total. The van der Waals surface area contributed by atoms with Crippen LogP contribution in [0.2, 0.25) is 0 Å². The standard InChI is InChI=1S/C7H7F4N3O/c8-5-4(15-7(9,10)11)1-3(2-12)6(13)14-5/h1H,2,12H2,(H2,13,14). The van der Waals surface area contributed by atoms with Gasteiger partial charge in [-0.1, -0.05) is 0 Å². The van der Waals surface area contributed by atoms with E-state index in [1.807, 2.05) is 0 Å². The van der Waals surface area contributed by atoms with Crippen LogP contribution in [-0.2, 0) is 6.54 Å². The van der Waals surface area contributed by atoms with Crippen molar-refractivity contribution in [2.24, 2.45) is 5.73 Å². The molecule has 15 heavy (non-hydrogen) atoms. The lowest BCUT2D eigenvalue weighted by Gasteiger charge is -2.11. The van der Waals surface area contributed by atoms with E-state index in [9.17, 15) is 17.6 Å². The zero-order valence-electron chi connectivity index (χ0n) is 7.31. The van der Waals surface area contributed by atoms with Gasteiger partial charge in [-0.2, -0.15) is 9.37 Å². The van der Waals surface area contributed by atoms with Gasteiger partial charge in [-0.3, -0.25) is 0 Å². The molecule has 0 fully saturated rings. The molecular weight excluding hydrogens is 218 g/mol. The van der Waals surface area contributed by atoms with Gasteiger partial charge < -0.3 is 16.2 Å². The third kappa shape index (κ3) is 2.94. The van der Waals surface area contributed by atoms with Crippen LogP contribution < -0.4 is 16.2 Å². The highest BCUT2D eigenvalue weighted by Crippen LogP contribution is 2.27. The van der Waals surface area contributed by atoms with Crippen molar-refractivity contribution in [1.82, 2.24) is 4.98 Å². The monoisotopic (exact) mass is 225 g/mol. The summed E-state index contributed by atoms with van der Waals surface area (Å²) < 4.78 is 51.6. The number of nitrogen functional groups attached to an aromatic ring is 1. The average molecular weight is 225 g/mol. The first kappa shape index (κ1) is 11.5. The molecule has 0 spiro atoms. The van der Waals surface area contributed by atoms with Crippen LogP contribution in [0.25, 0.3) is 0 Å². The Morgan fingerprint density at radius 1 is 1.40 bits per heavy atom. The molecule has 1 rings (SSSR count). The van der Waals surface area contributed by atoms with E-state index in [1.165, 1.54) is 0 Å². The van der Waals surface area contributed by atoms with E-state index in [1.54, 1.807) is 0 Å². The van der Waals surface area contributed by atoms with Crippen LogP contribution in [0.15, 0.2) is 6.07 Å². The zero-order valence-corrected chi connectivity index (χ0v) is 7.31. The van der Waals surface area contributed by atoms with Crippen molar-refractivity contribution in [1.29, 1.82) is 0 Å². The van der Waals surface area contributed by atoms with Gasteiger partial charge in [0, 0.05) is 12.1 Å². The molecular formula is C7H7F4N3O. The van der Waals surface area contributed by atoms with Crippen molar-refractivity contribution in [2.75, 3.05) is 5.73 Å². The van der Waals surface area contributed by atoms with Crippen molar-refractivity contribution in [2.45, 2.75) is 12.9 Å². The fourth-order valence-electron chi connectivity index (χ4n) is 0.884. The molecule has 0 aliphatic rings. The van der Waals surface area contributed by atoms with E-state index in [2.05, 4.69) is 9.72 Å². The minimum Gasteiger partial charge on any atom is -0.401 e. The van der Waals surface area contributed by atoms with Crippen LogP contribution in [0.3, 0.4) is 0 Å². The first-order valence-electron chi connectivity index (χ1n) is 3.74. The number of halogens is 4. The van der Waals surface area contributed by atoms with Gasteiger partial charge in [0.1, 0.15) is 5.82 Å². The van der Waals surface area contributed by atoms with E-state index >= 15 is 0 Å². The maximum Gasteiger partial charge on any atom is 0.573 e. The lowest BCUT2D eigenvalue weighted by Crippen LogP contribution is -2.19. The maximum absolute atomic E-state index is 12.8. The molecule has 0 atom stereocenters. The lowest BCUT2D eigenvalue weighted by atomic mass is 10.2. The third-order valence-electron chi connectivity index (χ3n) is 1.50. The Morgan fingerprint density at radius 2 is 2.00 bits per heavy atom. The normalized spacial score (nSPS) is 11.5. The molecule has 0 aromatic carbocycles. The Balaban J connectivity index is 3.08. The summed E-state index contributed by atoms with van der Waals surface area (Å²) in [4.78, 5) is 3.03. The van der Waals surface area contributed by atoms with Crippen LogP contribution >= 0.6 is 0 Å². The number of nitrogens with zero attached hydrogens (tertiary/aromatic N) is 1. The van der Waals surface area contributed by atoms with E-state index in [0.29, 0.717) is 0 Å². The highest BCUT2D eigenvalue weighted by atomic mass is 19.4. The van der Waals surface area contributed by atoms with Crippen LogP contribution in [0.1, 0.15) is 5.56 Å². The van der Waals surface area contributed by atoms with Gasteiger partial charge in [-0.05, 0) is 6.07 Å². The highest BCUT2D eigenvalue weighted by Gasteiger charge is 2.33. The SMILES string of the molecule is NCc1cc(OC(F)(F)F)c(F)nc1N. The van der Waals surface area contributed by atoms with Gasteiger partial charge in [0.05, 0.1) is 0 Å². The molecule has 1 aromatic heterocycles. The number of pyridine rings is 1. The van der Waals surface area contributed by atoms with Gasteiger partial charge in [0.2, 0.25) is 0 Å². The fourth-order valence-corrected chi connectivity index (χ4v) is 0.884. The zero-order chi connectivity index (χ0) is 11.6. The predicted octanol–water partition coefficient (Wildman–Crippen LogP) is 1.16. The third-order valence-corrected chi connectivity index (χ3v) is 1.50. The van der Waals surface area contributed by atoms with Crippen molar-refractivity contribution in [3.8, 4) is 5.75 Å². The van der Waals surface area contributed by atoms with Crippen LogP contribution in [0.4, 0.5) is 23.4 Å². The van der Waals surface area contributed by atoms with Gasteiger partial charge in [0.15, 0.2) is 5.75 Å². The molecule has 0 radical (unpaired) electrons. The summed E-state index contributed by atoms with van der Waals surface area (Å²) in [7, 11) is 0. The number of hydrogen-bond acceptors (Lipinski definition) is 4. The molecule has 0 saturated carbocycles. The molecule has 0 unspecified atom stereocenters. The topological polar surface area (TPSA) is 74.2 Å². The summed E-state index contributed by atoms with van der Waals surface area (Å²) in [5.41, 5.74) is 10.4. The molecule has 0 aliphatic carbocycles. The number of hydrogen-bond donors (Lipinski definition) is 2. The molecule has 1 heterocycles. The van der Waals surface area contributed by atoms with Gasteiger partial charge in [0.25, 0.3) is 5.95 Å². The lowest BCUT2D eigenvalue weighted by molar-refractivity contribution is -0.275. The Kier molecular flexibility index (Phi) is 2.98. The minimum absolute atomic E-state index is 0.0793. The largest absolute Gasteiger partial charge is 0.573 e. The number of aromatic nitrogens is 1. The van der Waals surface area contributed by atoms with Crippen molar-refractivity contribution in [3.05, 3.63) is 17.6 Å². The van der Waals surface area contributed by atoms with E-state index in [-0.39, 0.29) is 17.9 Å². The maximum atomic E-state index is 12.8. The highest BCUT2D eigenvalue weighted by molar-refractivity contribution is 5.43. The second-order valence-corrected chi connectivity index (χ2v) is 2.57. The summed E-state index contributed by atoms with van der Waals surface area (Å²) in [6.45, 7) is -0.159. The number of rotatable bonds is 2. The van der Waals surface area contributed by atoms with E-state index in [0.717, 1.165) is 6.07 Å². The second kappa shape index (κ2) is 3.89. The molecule has 0 bridgehead atoms. The molecule has 84 valence electrons. The number of anilines is 1. The average Bonchev–Trinajstić information content (AvgIpc) is 2.07. The Labute approximate surface area is 81.8 Å². The van der Waals surface area contributed by atoms with E-state index in [4.69, 9.17) is 11.5 Å². The Bertz CT molecular complexity index is 366. The molecule has 0 saturated heterocycles. The molecule has 1 aromatic rings. The summed E-state index contributed by atoms with van der Waals surface area (Å²) in [5.74, 6) is -2.73. The van der Waals surface area contributed by atoms with E-state index < -0.39 is 18.1 Å². The van der Waals surface area contributed by atoms with Gasteiger partial charge in [-0.15, -0.1) is 13.2 Å². The van der Waals surface area contributed by atoms with Crippen LogP contribution in [0, 0.1) is 5.95 Å². The second-order valence-electron chi connectivity index (χ2n) is 2.57. The number of alkyl halides is 3. The Hall–Kier alpha value is -1.57. The Morgan fingerprint density at radius 3 is 2.47 bits per heavy atom. The number of nitrogens with two attached hydrogens (primary N) is 2. The fraction of sp³-hybridized carbons (Fsp3) is 0.286. The van der Waals surface area contributed by atoms with Gasteiger partial charge in [-0.25, -0.2) is 0 Å². The van der Waals surface area contributed by atoms with Crippen LogP contribution in [0.5, 0.6) is 5.75 Å². The van der Waals surface area contributed by atoms with Crippen LogP contribution in [-0.4, -0.2) is 11.3 Å². The molecule has 8 heteroatoms. The molecule has 0 amide bonds. The van der Waals surface area contributed by atoms with Crippen molar-refractivity contribution < 1.29 is 22.3 Å². The summed E-state index contributed by atoms with van der Waals surface area (Å²) in [6.07, 6.45) is -4.98.